The van der Waals surface area contributed by atoms with Gasteiger partial charge in [-0.2, -0.15) is 0 Å². The predicted octanol–water partition coefficient (Wildman–Crippen LogP) is 1.95. The lowest BCUT2D eigenvalue weighted by Crippen LogP contribution is -2.55. The SMILES string of the molecule is CCN(CC)C(=O)C(C)(C)C(=O)N1CCN(Cc2ccc3c(c2)OCO3)CC1. The van der Waals surface area contributed by atoms with Crippen LogP contribution >= 0.6 is 0 Å². The normalized spacial score (nSPS) is 16.9. The van der Waals surface area contributed by atoms with Crippen LogP contribution in [0.2, 0.25) is 0 Å². The monoisotopic (exact) mass is 389 g/mol. The maximum atomic E-state index is 13.0. The first-order valence-electron chi connectivity index (χ1n) is 10.1. The smallest absolute Gasteiger partial charge is 0.237 e. The van der Waals surface area contributed by atoms with Crippen LogP contribution in [0.5, 0.6) is 11.5 Å². The van der Waals surface area contributed by atoms with Crippen molar-refractivity contribution >= 4 is 11.8 Å². The van der Waals surface area contributed by atoms with E-state index in [9.17, 15) is 9.59 Å². The molecule has 7 heteroatoms. The Morgan fingerprint density at radius 3 is 2.32 bits per heavy atom. The molecule has 2 aliphatic heterocycles. The van der Waals surface area contributed by atoms with Crippen molar-refractivity contribution < 1.29 is 19.1 Å². The number of amides is 2. The molecule has 3 rings (SSSR count). The largest absolute Gasteiger partial charge is 0.454 e. The molecule has 0 unspecified atom stereocenters. The number of hydrogen-bond acceptors (Lipinski definition) is 5. The Bertz CT molecular complexity index is 722. The van der Waals surface area contributed by atoms with Gasteiger partial charge in [-0.3, -0.25) is 14.5 Å². The summed E-state index contributed by atoms with van der Waals surface area (Å²) in [5.41, 5.74) is 0.145. The Labute approximate surface area is 167 Å². The van der Waals surface area contributed by atoms with Gasteiger partial charge in [0, 0.05) is 45.8 Å². The number of rotatable bonds is 6. The van der Waals surface area contributed by atoms with Crippen molar-refractivity contribution in [3.8, 4) is 11.5 Å². The predicted molar refractivity (Wildman–Crippen MR) is 106 cm³/mol. The summed E-state index contributed by atoms with van der Waals surface area (Å²) < 4.78 is 10.8. The van der Waals surface area contributed by atoms with Crippen molar-refractivity contribution in [2.24, 2.45) is 5.41 Å². The van der Waals surface area contributed by atoms with Crippen LogP contribution in [-0.2, 0) is 16.1 Å². The summed E-state index contributed by atoms with van der Waals surface area (Å²) in [6, 6.07) is 6.02. The first-order valence-corrected chi connectivity index (χ1v) is 10.1. The molecule has 0 aromatic heterocycles. The lowest BCUT2D eigenvalue weighted by Gasteiger charge is -2.39. The van der Waals surface area contributed by atoms with E-state index in [1.807, 2.05) is 30.9 Å². The highest BCUT2D eigenvalue weighted by Gasteiger charge is 2.41. The molecule has 0 aliphatic carbocycles. The number of benzene rings is 1. The van der Waals surface area contributed by atoms with Crippen molar-refractivity contribution in [1.29, 1.82) is 0 Å². The van der Waals surface area contributed by atoms with E-state index in [4.69, 9.17) is 9.47 Å². The highest BCUT2D eigenvalue weighted by molar-refractivity contribution is 6.04. The van der Waals surface area contributed by atoms with Gasteiger partial charge in [0.15, 0.2) is 11.5 Å². The summed E-state index contributed by atoms with van der Waals surface area (Å²) in [5, 5.41) is 0. The van der Waals surface area contributed by atoms with Gasteiger partial charge in [-0.1, -0.05) is 6.07 Å². The molecule has 2 amide bonds. The third kappa shape index (κ3) is 4.09. The van der Waals surface area contributed by atoms with E-state index in [0.717, 1.165) is 31.1 Å². The Kier molecular flexibility index (Phi) is 6.13. The number of nitrogens with zero attached hydrogens (tertiary/aromatic N) is 3. The molecule has 1 aromatic rings. The van der Waals surface area contributed by atoms with Crippen LogP contribution in [0.4, 0.5) is 0 Å². The third-order valence-corrected chi connectivity index (χ3v) is 5.62. The zero-order chi connectivity index (χ0) is 20.3. The minimum absolute atomic E-state index is 0.0767. The van der Waals surface area contributed by atoms with Crippen LogP contribution in [0.3, 0.4) is 0 Å². The fourth-order valence-corrected chi connectivity index (χ4v) is 3.80. The molecule has 0 atom stereocenters. The molecular formula is C21H31N3O4. The van der Waals surface area contributed by atoms with Crippen molar-refractivity contribution in [1.82, 2.24) is 14.7 Å². The number of ether oxygens (including phenoxy) is 2. The Balaban J connectivity index is 1.55. The van der Waals surface area contributed by atoms with Crippen molar-refractivity contribution in [3.63, 3.8) is 0 Å². The average molecular weight is 389 g/mol. The van der Waals surface area contributed by atoms with Crippen LogP contribution in [0, 0.1) is 5.41 Å². The average Bonchev–Trinajstić information content (AvgIpc) is 3.16. The van der Waals surface area contributed by atoms with Gasteiger partial charge in [-0.25, -0.2) is 0 Å². The van der Waals surface area contributed by atoms with E-state index in [2.05, 4.69) is 11.0 Å². The summed E-state index contributed by atoms with van der Waals surface area (Å²) in [6.07, 6.45) is 0. The van der Waals surface area contributed by atoms with Gasteiger partial charge in [0.25, 0.3) is 0 Å². The van der Waals surface area contributed by atoms with Crippen LogP contribution in [0.15, 0.2) is 18.2 Å². The van der Waals surface area contributed by atoms with Crippen molar-refractivity contribution in [2.45, 2.75) is 34.2 Å². The van der Waals surface area contributed by atoms with E-state index in [1.165, 1.54) is 5.56 Å². The zero-order valence-electron chi connectivity index (χ0n) is 17.4. The third-order valence-electron chi connectivity index (χ3n) is 5.62. The van der Waals surface area contributed by atoms with Gasteiger partial charge in [0.1, 0.15) is 5.41 Å². The topological polar surface area (TPSA) is 62.3 Å². The number of carbonyl (C=O) groups is 2. The second kappa shape index (κ2) is 8.39. The van der Waals surface area contributed by atoms with Crippen LogP contribution in [0.1, 0.15) is 33.3 Å². The summed E-state index contributed by atoms with van der Waals surface area (Å²) in [6.45, 7) is 12.5. The van der Waals surface area contributed by atoms with E-state index < -0.39 is 5.41 Å². The highest BCUT2D eigenvalue weighted by Crippen LogP contribution is 2.33. The molecule has 154 valence electrons. The molecule has 0 N–H and O–H groups in total. The first-order chi connectivity index (χ1) is 13.4. The van der Waals surface area contributed by atoms with E-state index >= 15 is 0 Å². The highest BCUT2D eigenvalue weighted by atomic mass is 16.7. The van der Waals surface area contributed by atoms with Crippen molar-refractivity contribution in [2.75, 3.05) is 46.1 Å². The van der Waals surface area contributed by atoms with Gasteiger partial charge < -0.3 is 19.3 Å². The quantitative estimate of drug-likeness (QED) is 0.696. The van der Waals surface area contributed by atoms with E-state index in [1.54, 1.807) is 18.7 Å². The fraction of sp³-hybridized carbons (Fsp3) is 0.619. The van der Waals surface area contributed by atoms with Gasteiger partial charge >= 0.3 is 0 Å². The maximum absolute atomic E-state index is 13.0. The molecule has 28 heavy (non-hydrogen) atoms. The van der Waals surface area contributed by atoms with E-state index in [-0.39, 0.29) is 18.6 Å². The minimum Gasteiger partial charge on any atom is -0.454 e. The Morgan fingerprint density at radius 2 is 1.68 bits per heavy atom. The zero-order valence-corrected chi connectivity index (χ0v) is 17.4. The second-order valence-electron chi connectivity index (χ2n) is 7.86. The second-order valence-corrected chi connectivity index (χ2v) is 7.86. The summed E-state index contributed by atoms with van der Waals surface area (Å²) in [4.78, 5) is 31.7. The van der Waals surface area contributed by atoms with Crippen LogP contribution in [0.25, 0.3) is 0 Å². The lowest BCUT2D eigenvalue weighted by atomic mass is 9.89. The molecule has 0 radical (unpaired) electrons. The van der Waals surface area contributed by atoms with Gasteiger partial charge in [0.05, 0.1) is 0 Å². The Hall–Kier alpha value is -2.28. The number of fused-ring (bicyclic) bond motifs is 1. The Morgan fingerprint density at radius 1 is 1.04 bits per heavy atom. The molecule has 0 bridgehead atoms. The molecule has 1 aromatic carbocycles. The molecule has 1 saturated heterocycles. The van der Waals surface area contributed by atoms with Crippen molar-refractivity contribution in [3.05, 3.63) is 23.8 Å². The standard InChI is InChI=1S/C21H31N3O4/c1-5-23(6-2)19(25)21(3,4)20(26)24-11-9-22(10-12-24)14-16-7-8-17-18(13-16)28-15-27-17/h7-8,13H,5-6,9-12,14-15H2,1-4H3. The molecule has 0 spiro atoms. The molecular weight excluding hydrogens is 358 g/mol. The molecule has 2 heterocycles. The molecule has 2 aliphatic rings. The van der Waals surface area contributed by atoms with Crippen LogP contribution < -0.4 is 9.47 Å². The number of carbonyl (C=O) groups excluding carboxylic acids is 2. The molecule has 7 nitrogen and oxygen atoms in total. The summed E-state index contributed by atoms with van der Waals surface area (Å²) in [5.74, 6) is 1.42. The van der Waals surface area contributed by atoms with Gasteiger partial charge in [-0.15, -0.1) is 0 Å². The minimum atomic E-state index is -1.02. The first kappa shape index (κ1) is 20.5. The maximum Gasteiger partial charge on any atom is 0.237 e. The van der Waals surface area contributed by atoms with Gasteiger partial charge in [-0.05, 0) is 45.4 Å². The molecule has 1 fully saturated rings. The number of piperazine rings is 1. The molecule has 0 saturated carbocycles. The van der Waals surface area contributed by atoms with Gasteiger partial charge in [0.2, 0.25) is 18.6 Å². The lowest BCUT2D eigenvalue weighted by molar-refractivity contribution is -0.155. The summed E-state index contributed by atoms with van der Waals surface area (Å²) >= 11 is 0. The number of hydrogen-bond donors (Lipinski definition) is 0. The van der Waals surface area contributed by atoms with Crippen LogP contribution in [-0.4, -0.2) is 72.6 Å². The summed E-state index contributed by atoms with van der Waals surface area (Å²) in [7, 11) is 0. The fourth-order valence-electron chi connectivity index (χ4n) is 3.80. The van der Waals surface area contributed by atoms with E-state index in [0.29, 0.717) is 26.2 Å².